The van der Waals surface area contributed by atoms with Gasteiger partial charge in [0.2, 0.25) is 5.91 Å². The van der Waals surface area contributed by atoms with E-state index in [4.69, 9.17) is 10.8 Å². The first-order chi connectivity index (χ1) is 6.50. The lowest BCUT2D eigenvalue weighted by Crippen LogP contribution is -2.34. The minimum Gasteiger partial charge on any atom is -0.481 e. The highest BCUT2D eigenvalue weighted by atomic mass is 16.4. The average molecular weight is 200 g/mol. The molecule has 0 radical (unpaired) electrons. The van der Waals surface area contributed by atoms with Crippen molar-refractivity contribution < 1.29 is 14.7 Å². The van der Waals surface area contributed by atoms with Gasteiger partial charge >= 0.3 is 5.97 Å². The third kappa shape index (κ3) is 2.70. The number of hydrogen-bond acceptors (Lipinski definition) is 3. The Hall–Kier alpha value is -1.10. The van der Waals surface area contributed by atoms with Crippen LogP contribution in [-0.2, 0) is 9.59 Å². The molecule has 0 bridgehead atoms. The molecule has 80 valence electrons. The summed E-state index contributed by atoms with van der Waals surface area (Å²) in [5.41, 5.74) is 5.18. The molecule has 2 atom stereocenters. The SMILES string of the molecule is CC(CC(=O)O)N1CCC(C(N)=O)C1. The molecule has 2 unspecified atom stereocenters. The second-order valence-corrected chi connectivity index (χ2v) is 3.83. The number of amides is 1. The van der Waals surface area contributed by atoms with Crippen LogP contribution in [0.25, 0.3) is 0 Å². The van der Waals surface area contributed by atoms with Crippen LogP contribution < -0.4 is 5.73 Å². The molecular formula is C9H16N2O3. The summed E-state index contributed by atoms with van der Waals surface area (Å²) in [5.74, 6) is -1.19. The molecule has 0 saturated carbocycles. The Morgan fingerprint density at radius 3 is 2.71 bits per heavy atom. The van der Waals surface area contributed by atoms with E-state index in [0.29, 0.717) is 6.54 Å². The van der Waals surface area contributed by atoms with Gasteiger partial charge in [-0.15, -0.1) is 0 Å². The smallest absolute Gasteiger partial charge is 0.304 e. The van der Waals surface area contributed by atoms with Crippen molar-refractivity contribution in [3.8, 4) is 0 Å². The summed E-state index contributed by atoms with van der Waals surface area (Å²) in [6.07, 6.45) is 0.866. The maximum atomic E-state index is 10.9. The van der Waals surface area contributed by atoms with Crippen molar-refractivity contribution in [1.82, 2.24) is 4.90 Å². The van der Waals surface area contributed by atoms with E-state index in [1.807, 2.05) is 11.8 Å². The van der Waals surface area contributed by atoms with E-state index in [0.717, 1.165) is 13.0 Å². The summed E-state index contributed by atoms with van der Waals surface area (Å²) < 4.78 is 0. The van der Waals surface area contributed by atoms with Gasteiger partial charge in [-0.3, -0.25) is 14.5 Å². The van der Waals surface area contributed by atoms with Crippen LogP contribution in [-0.4, -0.2) is 41.0 Å². The summed E-state index contributed by atoms with van der Waals surface area (Å²) in [6.45, 7) is 3.23. The number of primary amides is 1. The zero-order chi connectivity index (χ0) is 10.7. The van der Waals surface area contributed by atoms with Crippen LogP contribution in [0, 0.1) is 5.92 Å². The molecule has 5 heteroatoms. The summed E-state index contributed by atoms with van der Waals surface area (Å²) in [5, 5.41) is 8.60. The van der Waals surface area contributed by atoms with Crippen molar-refractivity contribution in [3.05, 3.63) is 0 Å². The first kappa shape index (κ1) is 11.0. The van der Waals surface area contributed by atoms with E-state index in [-0.39, 0.29) is 24.3 Å². The Morgan fingerprint density at radius 2 is 2.29 bits per heavy atom. The lowest BCUT2D eigenvalue weighted by Gasteiger charge is -2.22. The van der Waals surface area contributed by atoms with E-state index in [2.05, 4.69) is 0 Å². The number of hydrogen-bond donors (Lipinski definition) is 2. The van der Waals surface area contributed by atoms with Gasteiger partial charge in [-0.1, -0.05) is 0 Å². The van der Waals surface area contributed by atoms with Gasteiger partial charge in [0.05, 0.1) is 12.3 Å². The van der Waals surface area contributed by atoms with Gasteiger partial charge in [-0.25, -0.2) is 0 Å². The van der Waals surface area contributed by atoms with Gasteiger partial charge in [0.25, 0.3) is 0 Å². The van der Waals surface area contributed by atoms with Gasteiger partial charge in [0.1, 0.15) is 0 Å². The number of carboxylic acid groups (broad SMARTS) is 1. The third-order valence-electron chi connectivity index (χ3n) is 2.72. The Morgan fingerprint density at radius 1 is 1.64 bits per heavy atom. The number of aliphatic carboxylic acids is 1. The fourth-order valence-electron chi connectivity index (χ4n) is 1.80. The van der Waals surface area contributed by atoms with Gasteiger partial charge in [-0.05, 0) is 19.9 Å². The largest absolute Gasteiger partial charge is 0.481 e. The second kappa shape index (κ2) is 4.41. The highest BCUT2D eigenvalue weighted by Crippen LogP contribution is 2.19. The standard InChI is InChI=1S/C9H16N2O3/c1-6(4-8(12)13)11-3-2-7(5-11)9(10)14/h6-7H,2-5H2,1H3,(H2,10,14)(H,12,13). The maximum Gasteiger partial charge on any atom is 0.304 e. The maximum absolute atomic E-state index is 10.9. The van der Waals surface area contributed by atoms with Crippen molar-refractivity contribution in [2.75, 3.05) is 13.1 Å². The molecule has 1 aliphatic rings. The van der Waals surface area contributed by atoms with E-state index < -0.39 is 5.97 Å². The zero-order valence-corrected chi connectivity index (χ0v) is 8.27. The minimum absolute atomic E-state index is 0.0168. The number of carbonyl (C=O) groups is 2. The molecular weight excluding hydrogens is 184 g/mol. The predicted molar refractivity (Wildman–Crippen MR) is 50.6 cm³/mol. The minimum atomic E-state index is -0.806. The topological polar surface area (TPSA) is 83.6 Å². The molecule has 1 fully saturated rings. The van der Waals surface area contributed by atoms with Gasteiger partial charge in [0, 0.05) is 12.6 Å². The van der Waals surface area contributed by atoms with Crippen LogP contribution in [0.15, 0.2) is 0 Å². The number of carboxylic acids is 1. The molecule has 5 nitrogen and oxygen atoms in total. The van der Waals surface area contributed by atoms with Crippen molar-refractivity contribution in [2.24, 2.45) is 11.7 Å². The molecule has 1 amide bonds. The predicted octanol–water partition coefficient (Wildman–Crippen LogP) is -0.343. The van der Waals surface area contributed by atoms with Crippen LogP contribution >= 0.6 is 0 Å². The Bertz CT molecular complexity index is 242. The molecule has 0 aliphatic carbocycles. The number of nitrogens with two attached hydrogens (primary N) is 1. The fraction of sp³-hybridized carbons (Fsp3) is 0.778. The summed E-state index contributed by atoms with van der Waals surface area (Å²) in [4.78, 5) is 23.3. The molecule has 0 aromatic heterocycles. The van der Waals surface area contributed by atoms with Crippen molar-refractivity contribution >= 4 is 11.9 Å². The normalized spacial score (nSPS) is 24.8. The molecule has 0 aromatic carbocycles. The molecule has 14 heavy (non-hydrogen) atoms. The lowest BCUT2D eigenvalue weighted by atomic mass is 10.1. The summed E-state index contributed by atoms with van der Waals surface area (Å²) in [7, 11) is 0. The van der Waals surface area contributed by atoms with Gasteiger partial charge in [0.15, 0.2) is 0 Å². The Kier molecular flexibility index (Phi) is 3.46. The highest BCUT2D eigenvalue weighted by Gasteiger charge is 2.29. The molecule has 1 aliphatic heterocycles. The second-order valence-electron chi connectivity index (χ2n) is 3.83. The Labute approximate surface area is 82.9 Å². The third-order valence-corrected chi connectivity index (χ3v) is 2.72. The summed E-state index contributed by atoms with van der Waals surface area (Å²) in [6, 6.07) is -0.0168. The molecule has 0 spiro atoms. The van der Waals surface area contributed by atoms with Crippen LogP contribution in [0.1, 0.15) is 19.8 Å². The monoisotopic (exact) mass is 200 g/mol. The van der Waals surface area contributed by atoms with Crippen LogP contribution in [0.4, 0.5) is 0 Å². The van der Waals surface area contributed by atoms with Crippen molar-refractivity contribution in [1.29, 1.82) is 0 Å². The number of nitrogens with zero attached hydrogens (tertiary/aromatic N) is 1. The molecule has 3 N–H and O–H groups in total. The fourth-order valence-corrected chi connectivity index (χ4v) is 1.80. The van der Waals surface area contributed by atoms with Gasteiger partial charge in [-0.2, -0.15) is 0 Å². The van der Waals surface area contributed by atoms with Gasteiger partial charge < -0.3 is 10.8 Å². The van der Waals surface area contributed by atoms with Crippen molar-refractivity contribution in [2.45, 2.75) is 25.8 Å². The number of likely N-dealkylation sites (tertiary alicyclic amines) is 1. The molecule has 1 heterocycles. The van der Waals surface area contributed by atoms with E-state index >= 15 is 0 Å². The zero-order valence-electron chi connectivity index (χ0n) is 8.27. The quantitative estimate of drug-likeness (QED) is 0.650. The van der Waals surface area contributed by atoms with Crippen LogP contribution in [0.3, 0.4) is 0 Å². The first-order valence-corrected chi connectivity index (χ1v) is 4.76. The molecule has 0 aromatic rings. The van der Waals surface area contributed by atoms with E-state index in [9.17, 15) is 9.59 Å². The number of carbonyl (C=O) groups excluding carboxylic acids is 1. The Balaban J connectivity index is 2.41. The first-order valence-electron chi connectivity index (χ1n) is 4.76. The van der Waals surface area contributed by atoms with E-state index in [1.54, 1.807) is 0 Å². The lowest BCUT2D eigenvalue weighted by molar-refractivity contribution is -0.138. The van der Waals surface area contributed by atoms with Crippen LogP contribution in [0.2, 0.25) is 0 Å². The van der Waals surface area contributed by atoms with E-state index in [1.165, 1.54) is 0 Å². The highest BCUT2D eigenvalue weighted by molar-refractivity contribution is 5.77. The van der Waals surface area contributed by atoms with Crippen LogP contribution in [0.5, 0.6) is 0 Å². The molecule has 1 rings (SSSR count). The van der Waals surface area contributed by atoms with Crippen molar-refractivity contribution in [3.63, 3.8) is 0 Å². The molecule has 1 saturated heterocycles. The average Bonchev–Trinajstić information content (AvgIpc) is 2.50. The number of rotatable bonds is 4. The summed E-state index contributed by atoms with van der Waals surface area (Å²) >= 11 is 0.